The number of esters is 1. The second kappa shape index (κ2) is 9.69. The lowest BCUT2D eigenvalue weighted by Gasteiger charge is -2.17. The van der Waals surface area contributed by atoms with Gasteiger partial charge in [-0.05, 0) is 29.8 Å². The summed E-state index contributed by atoms with van der Waals surface area (Å²) in [6.07, 6.45) is 1.55. The first-order valence-corrected chi connectivity index (χ1v) is 9.83. The van der Waals surface area contributed by atoms with E-state index in [4.69, 9.17) is 18.6 Å². The fraction of sp³-hybridized carbons (Fsp3) is 0.174. The summed E-state index contributed by atoms with van der Waals surface area (Å²) in [7, 11) is 0. The van der Waals surface area contributed by atoms with Crippen molar-refractivity contribution >= 4 is 23.5 Å². The van der Waals surface area contributed by atoms with Crippen molar-refractivity contribution in [2.45, 2.75) is 12.5 Å². The van der Waals surface area contributed by atoms with Crippen molar-refractivity contribution in [2.24, 2.45) is 0 Å². The molecule has 9 nitrogen and oxygen atoms in total. The van der Waals surface area contributed by atoms with Crippen molar-refractivity contribution in [2.75, 3.05) is 18.7 Å². The van der Waals surface area contributed by atoms with E-state index in [1.807, 2.05) is 30.3 Å². The van der Waals surface area contributed by atoms with Gasteiger partial charge in [0.15, 0.2) is 23.9 Å². The van der Waals surface area contributed by atoms with E-state index in [-0.39, 0.29) is 19.0 Å². The highest BCUT2D eigenvalue weighted by Crippen LogP contribution is 2.34. The molecule has 0 unspecified atom stereocenters. The lowest BCUT2D eigenvalue weighted by Crippen LogP contribution is -2.44. The van der Waals surface area contributed by atoms with Crippen molar-refractivity contribution in [1.29, 1.82) is 0 Å². The molecule has 0 bridgehead atoms. The third kappa shape index (κ3) is 5.25. The molecule has 2 heterocycles. The Morgan fingerprint density at radius 3 is 2.56 bits per heavy atom. The molecule has 0 saturated heterocycles. The molecule has 0 aliphatic carbocycles. The van der Waals surface area contributed by atoms with Crippen LogP contribution in [0.4, 0.5) is 5.69 Å². The SMILES string of the molecule is O=C(COC(=O)[C@H](Cc1ccccc1)NC(=O)c1ccco1)Nc1ccc2c(c1)OCO2. The lowest BCUT2D eigenvalue weighted by molar-refractivity contribution is -0.149. The predicted octanol–water partition coefficient (Wildman–Crippen LogP) is 2.53. The van der Waals surface area contributed by atoms with Gasteiger partial charge in [0.05, 0.1) is 6.26 Å². The highest BCUT2D eigenvalue weighted by molar-refractivity contribution is 5.96. The van der Waals surface area contributed by atoms with Crippen molar-refractivity contribution in [1.82, 2.24) is 5.32 Å². The van der Waals surface area contributed by atoms with Gasteiger partial charge in [0.2, 0.25) is 6.79 Å². The first-order valence-electron chi connectivity index (χ1n) is 9.83. The zero-order chi connectivity index (χ0) is 22.3. The molecule has 9 heteroatoms. The van der Waals surface area contributed by atoms with Crippen LogP contribution in [0.3, 0.4) is 0 Å². The number of ether oxygens (including phenoxy) is 3. The number of fused-ring (bicyclic) bond motifs is 1. The zero-order valence-corrected chi connectivity index (χ0v) is 16.9. The van der Waals surface area contributed by atoms with E-state index in [2.05, 4.69) is 10.6 Å². The summed E-state index contributed by atoms with van der Waals surface area (Å²) in [4.78, 5) is 37.3. The van der Waals surface area contributed by atoms with E-state index < -0.39 is 30.4 Å². The molecule has 0 fully saturated rings. The Bertz CT molecular complexity index is 1100. The highest BCUT2D eigenvalue weighted by Gasteiger charge is 2.25. The second-order valence-electron chi connectivity index (χ2n) is 6.92. The maximum atomic E-state index is 12.7. The summed E-state index contributed by atoms with van der Waals surface area (Å²) >= 11 is 0. The number of furan rings is 1. The van der Waals surface area contributed by atoms with Crippen LogP contribution in [0.1, 0.15) is 16.1 Å². The monoisotopic (exact) mass is 436 g/mol. The van der Waals surface area contributed by atoms with E-state index in [0.29, 0.717) is 17.2 Å². The Kier molecular flexibility index (Phi) is 6.35. The minimum atomic E-state index is -1.01. The molecule has 2 amide bonds. The Hall–Kier alpha value is -4.27. The average molecular weight is 436 g/mol. The lowest BCUT2D eigenvalue weighted by atomic mass is 10.1. The van der Waals surface area contributed by atoms with Crippen LogP contribution in [-0.4, -0.2) is 37.2 Å². The van der Waals surface area contributed by atoms with E-state index in [1.165, 1.54) is 12.3 Å². The summed E-state index contributed by atoms with van der Waals surface area (Å²) in [5.74, 6) is -0.662. The molecule has 1 aliphatic rings. The van der Waals surface area contributed by atoms with Crippen molar-refractivity contribution in [3.05, 3.63) is 78.3 Å². The summed E-state index contributed by atoms with van der Waals surface area (Å²) in [6.45, 7) is -0.397. The molecule has 164 valence electrons. The summed E-state index contributed by atoms with van der Waals surface area (Å²) in [5.41, 5.74) is 1.29. The number of hydrogen-bond acceptors (Lipinski definition) is 7. The normalized spacial score (nSPS) is 12.6. The number of rotatable bonds is 8. The number of carbonyl (C=O) groups is 3. The van der Waals surface area contributed by atoms with Gasteiger partial charge < -0.3 is 29.3 Å². The van der Waals surface area contributed by atoms with Crippen molar-refractivity contribution in [3.8, 4) is 11.5 Å². The Morgan fingerprint density at radius 2 is 1.78 bits per heavy atom. The van der Waals surface area contributed by atoms with Gasteiger partial charge >= 0.3 is 5.97 Å². The average Bonchev–Trinajstić information content (AvgIpc) is 3.49. The van der Waals surface area contributed by atoms with Crippen LogP contribution in [0, 0.1) is 0 Å². The number of benzene rings is 2. The van der Waals surface area contributed by atoms with Crippen LogP contribution < -0.4 is 20.1 Å². The Balaban J connectivity index is 1.36. The molecule has 0 spiro atoms. The molecule has 0 radical (unpaired) electrons. The van der Waals surface area contributed by atoms with Gasteiger partial charge in [0, 0.05) is 18.2 Å². The molecule has 1 atom stereocenters. The van der Waals surface area contributed by atoms with Gasteiger partial charge in [-0.1, -0.05) is 30.3 Å². The van der Waals surface area contributed by atoms with Crippen LogP contribution in [-0.2, 0) is 20.7 Å². The first kappa shape index (κ1) is 21.0. The third-order valence-corrected chi connectivity index (χ3v) is 4.62. The van der Waals surface area contributed by atoms with Crippen molar-refractivity contribution in [3.63, 3.8) is 0 Å². The molecule has 2 aromatic carbocycles. The highest BCUT2D eigenvalue weighted by atomic mass is 16.7. The van der Waals surface area contributed by atoms with Crippen LogP contribution in [0.2, 0.25) is 0 Å². The molecule has 32 heavy (non-hydrogen) atoms. The molecular weight excluding hydrogens is 416 g/mol. The molecule has 4 rings (SSSR count). The van der Waals surface area contributed by atoms with Gasteiger partial charge in [-0.15, -0.1) is 0 Å². The van der Waals surface area contributed by atoms with Crippen LogP contribution >= 0.6 is 0 Å². The number of amides is 2. The third-order valence-electron chi connectivity index (χ3n) is 4.62. The fourth-order valence-corrected chi connectivity index (χ4v) is 3.09. The molecule has 0 saturated carbocycles. The number of hydrogen-bond donors (Lipinski definition) is 2. The summed E-state index contributed by atoms with van der Waals surface area (Å²) < 4.78 is 20.7. The van der Waals surface area contributed by atoms with Gasteiger partial charge in [0.25, 0.3) is 11.8 Å². The minimum absolute atomic E-state index is 0.0661. The van der Waals surface area contributed by atoms with Crippen LogP contribution in [0.5, 0.6) is 11.5 Å². The largest absolute Gasteiger partial charge is 0.459 e. The number of carbonyl (C=O) groups excluding carboxylic acids is 3. The van der Waals surface area contributed by atoms with Gasteiger partial charge in [0.1, 0.15) is 6.04 Å². The topological polar surface area (TPSA) is 116 Å². The summed E-state index contributed by atoms with van der Waals surface area (Å²) in [6, 6.07) is 16.1. The number of anilines is 1. The second-order valence-corrected chi connectivity index (χ2v) is 6.92. The number of nitrogens with one attached hydrogen (secondary N) is 2. The maximum Gasteiger partial charge on any atom is 0.329 e. The predicted molar refractivity (Wildman–Crippen MR) is 112 cm³/mol. The molecule has 1 aliphatic heterocycles. The van der Waals surface area contributed by atoms with E-state index in [1.54, 1.807) is 24.3 Å². The van der Waals surface area contributed by atoms with E-state index in [0.717, 1.165) is 5.56 Å². The summed E-state index contributed by atoms with van der Waals surface area (Å²) in [5, 5.41) is 5.22. The quantitative estimate of drug-likeness (QED) is 0.521. The minimum Gasteiger partial charge on any atom is -0.459 e. The van der Waals surface area contributed by atoms with Gasteiger partial charge in [-0.2, -0.15) is 0 Å². The van der Waals surface area contributed by atoms with Crippen molar-refractivity contribution < 1.29 is 33.0 Å². The van der Waals surface area contributed by atoms with Crippen LogP contribution in [0.25, 0.3) is 0 Å². The molecular formula is C23H20N2O7. The Morgan fingerprint density at radius 1 is 0.969 bits per heavy atom. The molecule has 2 N–H and O–H groups in total. The van der Waals surface area contributed by atoms with E-state index >= 15 is 0 Å². The Labute approximate surface area is 183 Å². The molecule has 1 aromatic heterocycles. The molecule has 3 aromatic rings. The zero-order valence-electron chi connectivity index (χ0n) is 16.9. The first-order chi connectivity index (χ1) is 15.6. The van der Waals surface area contributed by atoms with Gasteiger partial charge in [-0.3, -0.25) is 9.59 Å². The van der Waals surface area contributed by atoms with E-state index in [9.17, 15) is 14.4 Å². The van der Waals surface area contributed by atoms with Crippen LogP contribution in [0.15, 0.2) is 71.3 Å². The maximum absolute atomic E-state index is 12.7. The fourth-order valence-electron chi connectivity index (χ4n) is 3.09. The standard InChI is InChI=1S/C23H20N2O7/c26-21(24-16-8-9-18-20(12-16)32-14-31-18)13-30-23(28)17(11-15-5-2-1-3-6-15)25-22(27)19-7-4-10-29-19/h1-10,12,17H,11,13-14H2,(H,24,26)(H,25,27)/t17-/m0/s1. The smallest absolute Gasteiger partial charge is 0.329 e. The van der Waals surface area contributed by atoms with Gasteiger partial charge in [-0.25, -0.2) is 4.79 Å².